The Morgan fingerprint density at radius 1 is 1.20 bits per heavy atom. The molecule has 30 heavy (non-hydrogen) atoms. The lowest BCUT2D eigenvalue weighted by molar-refractivity contribution is -0.0925. The minimum atomic E-state index is -4.72. The second kappa shape index (κ2) is 10.3. The highest BCUT2D eigenvalue weighted by Gasteiger charge is 2.31. The fraction of sp³-hybridized carbons (Fsp3) is 0.238. The van der Waals surface area contributed by atoms with Crippen LogP contribution in [0, 0.1) is 0 Å². The van der Waals surface area contributed by atoms with Crippen molar-refractivity contribution in [1.82, 2.24) is 5.32 Å². The summed E-state index contributed by atoms with van der Waals surface area (Å²) in [4.78, 5) is 16.4. The van der Waals surface area contributed by atoms with E-state index in [0.29, 0.717) is 12.0 Å². The minimum absolute atomic E-state index is 0.0636. The number of nitrogens with one attached hydrogen (secondary N) is 1. The summed E-state index contributed by atoms with van der Waals surface area (Å²) in [5, 5.41) is 12.4. The Kier molecular flexibility index (Phi) is 8.02. The Morgan fingerprint density at radius 2 is 1.80 bits per heavy atom. The van der Waals surface area contributed by atoms with Gasteiger partial charge < -0.3 is 16.2 Å². The van der Waals surface area contributed by atoms with Crippen molar-refractivity contribution in [2.24, 2.45) is 10.7 Å². The molecule has 160 valence electrons. The van der Waals surface area contributed by atoms with Gasteiger partial charge in [-0.15, -0.1) is 0 Å². The molecule has 1 atom stereocenters. The fourth-order valence-corrected chi connectivity index (χ4v) is 2.51. The molecule has 5 nitrogen and oxygen atoms in total. The van der Waals surface area contributed by atoms with E-state index in [0.717, 1.165) is 6.08 Å². The molecule has 0 spiro atoms. The van der Waals surface area contributed by atoms with Crippen LogP contribution in [0.3, 0.4) is 0 Å². The molecule has 2 aromatic rings. The Hall–Kier alpha value is -2.84. The van der Waals surface area contributed by atoms with Crippen molar-refractivity contribution < 1.29 is 23.1 Å². The molecule has 0 aliphatic heterocycles. The van der Waals surface area contributed by atoms with Crippen LogP contribution in [0.1, 0.15) is 29.3 Å². The second-order valence-electron chi connectivity index (χ2n) is 6.40. The van der Waals surface area contributed by atoms with Crippen molar-refractivity contribution >= 4 is 28.9 Å². The molecular weight excluding hydrogens is 419 g/mol. The number of benzene rings is 2. The summed E-state index contributed by atoms with van der Waals surface area (Å²) < 4.78 is 38.8. The summed E-state index contributed by atoms with van der Waals surface area (Å²) in [5.41, 5.74) is 4.66. The van der Waals surface area contributed by atoms with Gasteiger partial charge in [-0.2, -0.15) is 13.2 Å². The maximum absolute atomic E-state index is 12.9. The molecule has 0 saturated carbocycles. The molecule has 0 aromatic heterocycles. The molecule has 9 heteroatoms. The highest BCUT2D eigenvalue weighted by molar-refractivity contribution is 6.33. The van der Waals surface area contributed by atoms with Crippen molar-refractivity contribution in [1.29, 1.82) is 0 Å². The van der Waals surface area contributed by atoms with Crippen LogP contribution in [0.25, 0.3) is 0 Å². The Morgan fingerprint density at radius 3 is 2.37 bits per heavy atom. The first-order valence-corrected chi connectivity index (χ1v) is 9.44. The van der Waals surface area contributed by atoms with E-state index in [9.17, 15) is 23.1 Å². The summed E-state index contributed by atoms with van der Waals surface area (Å²) >= 11 is 6.07. The predicted octanol–water partition coefficient (Wildman–Crippen LogP) is 4.37. The number of hydrogen-bond donors (Lipinski definition) is 3. The van der Waals surface area contributed by atoms with Gasteiger partial charge in [-0.1, -0.05) is 42.8 Å². The van der Waals surface area contributed by atoms with Crippen LogP contribution in [0.4, 0.5) is 18.9 Å². The normalized spacial score (nSPS) is 13.8. The lowest BCUT2D eigenvalue weighted by Crippen LogP contribution is -2.31. The minimum Gasteiger partial charge on any atom is -0.395 e. The first-order valence-electron chi connectivity index (χ1n) is 9.06. The number of rotatable bonds is 7. The Bertz CT molecular complexity index is 941. The summed E-state index contributed by atoms with van der Waals surface area (Å²) in [5.74, 6) is -0.413. The summed E-state index contributed by atoms with van der Waals surface area (Å²) in [7, 11) is 0. The van der Waals surface area contributed by atoms with Gasteiger partial charge in [0.05, 0.1) is 22.5 Å². The SMILES string of the molecule is CCC(O)CNC(=O)c1ccc(C(C=C(N)C(F)(F)F)=Nc2ccccc2Cl)cc1. The number of carbonyl (C=O) groups excluding carboxylic acids is 1. The number of halogens is 4. The summed E-state index contributed by atoms with van der Waals surface area (Å²) in [6.45, 7) is 1.88. The third kappa shape index (κ3) is 6.60. The van der Waals surface area contributed by atoms with Crippen molar-refractivity contribution in [2.75, 3.05) is 6.54 Å². The number of alkyl halides is 3. The number of aliphatic imine (C=N–C) groups is 1. The molecule has 0 radical (unpaired) electrons. The zero-order valence-corrected chi connectivity index (χ0v) is 16.8. The highest BCUT2D eigenvalue weighted by atomic mass is 35.5. The van der Waals surface area contributed by atoms with Crippen LogP contribution >= 0.6 is 11.6 Å². The molecule has 0 heterocycles. The van der Waals surface area contributed by atoms with Crippen LogP contribution in [0.15, 0.2) is 65.3 Å². The number of aliphatic hydroxyl groups excluding tert-OH is 1. The summed E-state index contributed by atoms with van der Waals surface area (Å²) in [6.07, 6.45) is -4.16. The third-order valence-corrected chi connectivity index (χ3v) is 4.44. The number of aliphatic hydroxyl groups is 1. The standard InChI is InChI=1S/C21H21ClF3N3O2/c1-2-15(29)12-27-20(30)14-9-7-13(8-10-14)18(11-19(26)21(23,24)25)28-17-6-4-3-5-16(17)22/h3-11,15,29H,2,12,26H2,1H3,(H,27,30). The van der Waals surface area contributed by atoms with Crippen LogP contribution in [-0.2, 0) is 0 Å². The van der Waals surface area contributed by atoms with Gasteiger partial charge in [-0.05, 0) is 36.8 Å². The van der Waals surface area contributed by atoms with E-state index < -0.39 is 23.9 Å². The van der Waals surface area contributed by atoms with Crippen molar-refractivity contribution in [3.63, 3.8) is 0 Å². The van der Waals surface area contributed by atoms with Crippen molar-refractivity contribution in [2.45, 2.75) is 25.6 Å². The first-order chi connectivity index (χ1) is 14.1. The van der Waals surface area contributed by atoms with Gasteiger partial charge in [0.1, 0.15) is 5.70 Å². The molecule has 2 rings (SSSR count). The highest BCUT2D eigenvalue weighted by Crippen LogP contribution is 2.27. The Balaban J connectivity index is 2.37. The molecule has 2 aromatic carbocycles. The molecular formula is C21H21ClF3N3O2. The number of para-hydroxylation sites is 1. The van der Waals surface area contributed by atoms with E-state index in [1.807, 2.05) is 0 Å². The van der Waals surface area contributed by atoms with Crippen LogP contribution in [0.2, 0.25) is 5.02 Å². The van der Waals surface area contributed by atoms with E-state index in [1.54, 1.807) is 31.2 Å². The maximum atomic E-state index is 12.9. The molecule has 0 fully saturated rings. The monoisotopic (exact) mass is 439 g/mol. The van der Waals surface area contributed by atoms with Gasteiger partial charge in [0.2, 0.25) is 0 Å². The average molecular weight is 440 g/mol. The average Bonchev–Trinajstić information content (AvgIpc) is 2.72. The van der Waals surface area contributed by atoms with E-state index in [4.69, 9.17) is 17.3 Å². The van der Waals surface area contributed by atoms with Crippen LogP contribution in [0.5, 0.6) is 0 Å². The van der Waals surface area contributed by atoms with Gasteiger partial charge in [-0.25, -0.2) is 4.99 Å². The van der Waals surface area contributed by atoms with Crippen LogP contribution in [-0.4, -0.2) is 35.6 Å². The molecule has 0 saturated heterocycles. The summed E-state index contributed by atoms with van der Waals surface area (Å²) in [6, 6.07) is 12.3. The number of nitrogens with two attached hydrogens (primary N) is 1. The molecule has 1 amide bonds. The lowest BCUT2D eigenvalue weighted by atomic mass is 10.1. The zero-order chi connectivity index (χ0) is 22.3. The second-order valence-corrected chi connectivity index (χ2v) is 6.80. The number of allylic oxidation sites excluding steroid dienone is 2. The van der Waals surface area contributed by atoms with Gasteiger partial charge in [0.15, 0.2) is 0 Å². The predicted molar refractivity (Wildman–Crippen MR) is 111 cm³/mol. The largest absolute Gasteiger partial charge is 0.430 e. The molecule has 0 aliphatic carbocycles. The smallest absolute Gasteiger partial charge is 0.395 e. The third-order valence-electron chi connectivity index (χ3n) is 4.13. The van der Waals surface area contributed by atoms with E-state index >= 15 is 0 Å². The number of amides is 1. The quantitative estimate of drug-likeness (QED) is 0.560. The van der Waals surface area contributed by atoms with E-state index in [1.165, 1.54) is 24.3 Å². The van der Waals surface area contributed by atoms with Gasteiger partial charge in [0, 0.05) is 17.7 Å². The van der Waals surface area contributed by atoms with Gasteiger partial charge >= 0.3 is 6.18 Å². The molecule has 4 N–H and O–H groups in total. The van der Waals surface area contributed by atoms with Gasteiger partial charge in [-0.3, -0.25) is 4.79 Å². The number of nitrogens with zero attached hydrogens (tertiary/aromatic N) is 1. The van der Waals surface area contributed by atoms with Gasteiger partial charge in [0.25, 0.3) is 5.91 Å². The topological polar surface area (TPSA) is 87.7 Å². The molecule has 1 unspecified atom stereocenters. The van der Waals surface area contributed by atoms with E-state index in [-0.39, 0.29) is 28.5 Å². The first kappa shape index (κ1) is 23.4. The Labute approximate surface area is 177 Å². The van der Waals surface area contributed by atoms with E-state index in [2.05, 4.69) is 10.3 Å². The number of hydrogen-bond acceptors (Lipinski definition) is 4. The fourth-order valence-electron chi connectivity index (χ4n) is 2.33. The molecule has 0 bridgehead atoms. The zero-order valence-electron chi connectivity index (χ0n) is 16.1. The van der Waals surface area contributed by atoms with Crippen molar-refractivity contribution in [3.8, 4) is 0 Å². The van der Waals surface area contributed by atoms with Crippen LogP contribution < -0.4 is 11.1 Å². The maximum Gasteiger partial charge on any atom is 0.430 e. The lowest BCUT2D eigenvalue weighted by Gasteiger charge is -2.11. The number of carbonyl (C=O) groups is 1. The molecule has 0 aliphatic rings. The van der Waals surface area contributed by atoms with Crippen molar-refractivity contribution in [3.05, 3.63) is 76.5 Å².